The summed E-state index contributed by atoms with van der Waals surface area (Å²) in [5.41, 5.74) is 7.67. The number of hydrogen-bond acceptors (Lipinski definition) is 5. The van der Waals surface area contributed by atoms with Crippen LogP contribution in [0.2, 0.25) is 5.02 Å². The number of aryl methyl sites for hydroxylation is 2. The van der Waals surface area contributed by atoms with Gasteiger partial charge in [0, 0.05) is 41.8 Å². The zero-order valence-electron chi connectivity index (χ0n) is 22.8. The number of aromatic amines is 1. The van der Waals surface area contributed by atoms with E-state index in [2.05, 4.69) is 53.4 Å². The molecule has 1 aliphatic rings. The molecule has 1 aliphatic heterocycles. The van der Waals surface area contributed by atoms with Gasteiger partial charge in [0.15, 0.2) is 0 Å². The SMILES string of the molecule is C=CC(=O)N1CCC(n2nc(-c3cc(C)nn3CCN(C)C)c(-c3c(Cl)c(C)cc4[nH]ncc34)c2C)CC1. The summed E-state index contributed by atoms with van der Waals surface area (Å²) in [6.07, 6.45) is 4.87. The van der Waals surface area contributed by atoms with Crippen molar-refractivity contribution in [2.24, 2.45) is 0 Å². The van der Waals surface area contributed by atoms with Crippen molar-refractivity contribution in [3.8, 4) is 22.5 Å². The van der Waals surface area contributed by atoms with Crippen LogP contribution in [0.5, 0.6) is 0 Å². The molecule has 0 saturated carbocycles. The molecule has 0 unspecified atom stereocenters. The highest BCUT2D eigenvalue weighted by Crippen LogP contribution is 2.44. The number of halogens is 1. The Morgan fingerprint density at radius 3 is 2.61 bits per heavy atom. The summed E-state index contributed by atoms with van der Waals surface area (Å²) in [6, 6.07) is 4.30. The molecule has 10 heteroatoms. The third-order valence-electron chi connectivity index (χ3n) is 7.47. The topological polar surface area (TPSA) is 87.9 Å². The predicted molar refractivity (Wildman–Crippen MR) is 151 cm³/mol. The van der Waals surface area contributed by atoms with E-state index in [-0.39, 0.29) is 11.9 Å². The zero-order valence-corrected chi connectivity index (χ0v) is 23.5. The van der Waals surface area contributed by atoms with Crippen LogP contribution < -0.4 is 0 Å². The fourth-order valence-electron chi connectivity index (χ4n) is 5.46. The summed E-state index contributed by atoms with van der Waals surface area (Å²) in [5.74, 6) is -0.0174. The number of amides is 1. The predicted octanol–water partition coefficient (Wildman–Crippen LogP) is 4.78. The Kier molecular flexibility index (Phi) is 7.15. The first-order valence-corrected chi connectivity index (χ1v) is 13.4. The summed E-state index contributed by atoms with van der Waals surface area (Å²) >= 11 is 7.05. The van der Waals surface area contributed by atoms with E-state index in [1.165, 1.54) is 6.08 Å². The van der Waals surface area contributed by atoms with Crippen LogP contribution in [0.1, 0.15) is 35.8 Å². The number of aromatic nitrogens is 6. The normalized spacial score (nSPS) is 14.7. The van der Waals surface area contributed by atoms with Crippen molar-refractivity contribution >= 4 is 28.4 Å². The van der Waals surface area contributed by atoms with Gasteiger partial charge < -0.3 is 9.80 Å². The third kappa shape index (κ3) is 4.65. The quantitative estimate of drug-likeness (QED) is 0.345. The van der Waals surface area contributed by atoms with Crippen molar-refractivity contribution in [2.45, 2.75) is 46.2 Å². The maximum atomic E-state index is 12.2. The number of nitrogens with zero attached hydrogens (tertiary/aromatic N) is 7. The number of carbonyl (C=O) groups is 1. The summed E-state index contributed by atoms with van der Waals surface area (Å²) in [5, 5.41) is 19.2. The number of H-pyrrole nitrogens is 1. The highest BCUT2D eigenvalue weighted by molar-refractivity contribution is 6.36. The summed E-state index contributed by atoms with van der Waals surface area (Å²) in [6.45, 7) is 12.7. The van der Waals surface area contributed by atoms with Crippen molar-refractivity contribution in [3.63, 3.8) is 0 Å². The van der Waals surface area contributed by atoms with E-state index in [1.807, 2.05) is 35.7 Å². The van der Waals surface area contributed by atoms with Crippen molar-refractivity contribution in [2.75, 3.05) is 33.7 Å². The maximum Gasteiger partial charge on any atom is 0.245 e. The van der Waals surface area contributed by atoms with Crippen LogP contribution in [0, 0.1) is 20.8 Å². The van der Waals surface area contributed by atoms with Crippen LogP contribution >= 0.6 is 11.6 Å². The van der Waals surface area contributed by atoms with Gasteiger partial charge >= 0.3 is 0 Å². The average Bonchev–Trinajstić information content (AvgIpc) is 3.60. The van der Waals surface area contributed by atoms with E-state index in [9.17, 15) is 4.79 Å². The minimum absolute atomic E-state index is 0.0174. The van der Waals surface area contributed by atoms with Crippen LogP contribution in [0.4, 0.5) is 0 Å². The largest absolute Gasteiger partial charge is 0.339 e. The van der Waals surface area contributed by atoms with Gasteiger partial charge in [0.25, 0.3) is 0 Å². The number of likely N-dealkylation sites (tertiary alicyclic amines) is 1. The van der Waals surface area contributed by atoms with E-state index in [0.717, 1.165) is 76.3 Å². The highest BCUT2D eigenvalue weighted by atomic mass is 35.5. The molecule has 1 aromatic carbocycles. The van der Waals surface area contributed by atoms with Crippen molar-refractivity contribution in [1.82, 2.24) is 39.6 Å². The van der Waals surface area contributed by atoms with E-state index in [0.29, 0.717) is 18.1 Å². The molecule has 0 spiro atoms. The highest BCUT2D eigenvalue weighted by Gasteiger charge is 2.30. The van der Waals surface area contributed by atoms with E-state index < -0.39 is 0 Å². The second kappa shape index (κ2) is 10.4. The first kappa shape index (κ1) is 26.2. The van der Waals surface area contributed by atoms with Gasteiger partial charge in [-0.1, -0.05) is 18.2 Å². The second-order valence-corrected chi connectivity index (χ2v) is 10.8. The van der Waals surface area contributed by atoms with Gasteiger partial charge in [-0.25, -0.2) is 0 Å². The van der Waals surface area contributed by atoms with Gasteiger partial charge in [-0.3, -0.25) is 19.3 Å². The number of fused-ring (bicyclic) bond motifs is 1. The van der Waals surface area contributed by atoms with Crippen LogP contribution in [-0.4, -0.2) is 79.2 Å². The summed E-state index contributed by atoms with van der Waals surface area (Å²) in [7, 11) is 4.12. The Labute approximate surface area is 228 Å². The molecule has 3 aromatic heterocycles. The molecule has 4 aromatic rings. The zero-order chi connectivity index (χ0) is 27.1. The molecule has 0 aliphatic carbocycles. The third-order valence-corrected chi connectivity index (χ3v) is 7.95. The number of rotatable bonds is 7. The lowest BCUT2D eigenvalue weighted by molar-refractivity contribution is -0.127. The fourth-order valence-corrected chi connectivity index (χ4v) is 5.71. The molecule has 1 N–H and O–H groups in total. The average molecular weight is 535 g/mol. The number of likely N-dealkylation sites (N-methyl/N-ethyl adjacent to an activating group) is 1. The smallest absolute Gasteiger partial charge is 0.245 e. The Hall–Kier alpha value is -3.43. The molecular formula is C28H35ClN8O. The van der Waals surface area contributed by atoms with Gasteiger partial charge in [0.2, 0.25) is 5.91 Å². The Bertz CT molecular complexity index is 1500. The number of nitrogens with one attached hydrogen (secondary N) is 1. The lowest BCUT2D eigenvalue weighted by atomic mass is 9.96. The molecule has 1 saturated heterocycles. The standard InChI is InChI=1S/C28H35ClN8O/c1-7-24(38)35-10-8-20(9-11-35)37-19(4)25(26-21-16-30-31-22(21)14-17(2)27(26)29)28(33-37)23-15-18(3)32-36(23)13-12-34(5)6/h7,14-16,20H,1,8-13H2,2-6H3,(H,30,31). The van der Waals surface area contributed by atoms with Crippen LogP contribution in [0.3, 0.4) is 0 Å². The fraction of sp³-hybridized carbons (Fsp3) is 0.429. The maximum absolute atomic E-state index is 12.2. The van der Waals surface area contributed by atoms with E-state index in [1.54, 1.807) is 0 Å². The first-order valence-electron chi connectivity index (χ1n) is 13.0. The lowest BCUT2D eigenvalue weighted by Crippen LogP contribution is -2.38. The number of hydrogen-bond donors (Lipinski definition) is 1. The van der Waals surface area contributed by atoms with Crippen LogP contribution in [0.15, 0.2) is 31.0 Å². The molecule has 200 valence electrons. The van der Waals surface area contributed by atoms with Crippen molar-refractivity contribution in [1.29, 1.82) is 0 Å². The van der Waals surface area contributed by atoms with Gasteiger partial charge in [-0.05, 0) is 71.5 Å². The van der Waals surface area contributed by atoms with Gasteiger partial charge in [0.05, 0.1) is 40.7 Å². The van der Waals surface area contributed by atoms with Crippen LogP contribution in [0.25, 0.3) is 33.4 Å². The van der Waals surface area contributed by atoms with Gasteiger partial charge in [-0.15, -0.1) is 0 Å². The summed E-state index contributed by atoms with van der Waals surface area (Å²) in [4.78, 5) is 16.2. The van der Waals surface area contributed by atoms with Crippen molar-refractivity contribution in [3.05, 3.63) is 53.0 Å². The molecule has 0 radical (unpaired) electrons. The Morgan fingerprint density at radius 2 is 1.92 bits per heavy atom. The number of carbonyl (C=O) groups excluding carboxylic acids is 1. The molecule has 38 heavy (non-hydrogen) atoms. The van der Waals surface area contributed by atoms with E-state index in [4.69, 9.17) is 21.8 Å². The Balaban J connectivity index is 1.69. The van der Waals surface area contributed by atoms with Gasteiger partial charge in [-0.2, -0.15) is 15.3 Å². The number of piperidine rings is 1. The molecule has 5 rings (SSSR count). The second-order valence-electron chi connectivity index (χ2n) is 10.4. The van der Waals surface area contributed by atoms with Gasteiger partial charge in [0.1, 0.15) is 5.69 Å². The molecular weight excluding hydrogens is 500 g/mol. The molecule has 1 fully saturated rings. The minimum atomic E-state index is -0.0174. The Morgan fingerprint density at radius 1 is 1.18 bits per heavy atom. The molecule has 4 heterocycles. The lowest BCUT2D eigenvalue weighted by Gasteiger charge is -2.32. The number of benzene rings is 1. The molecule has 0 bridgehead atoms. The first-order chi connectivity index (χ1) is 18.2. The van der Waals surface area contributed by atoms with Crippen molar-refractivity contribution < 1.29 is 4.79 Å². The van der Waals surface area contributed by atoms with E-state index >= 15 is 0 Å². The minimum Gasteiger partial charge on any atom is -0.339 e. The summed E-state index contributed by atoms with van der Waals surface area (Å²) < 4.78 is 4.19. The molecule has 1 amide bonds. The molecule has 0 atom stereocenters. The van der Waals surface area contributed by atoms with Crippen LogP contribution in [-0.2, 0) is 11.3 Å². The molecule has 9 nitrogen and oxygen atoms in total. The monoisotopic (exact) mass is 534 g/mol.